The second kappa shape index (κ2) is 13.0. The Morgan fingerprint density at radius 2 is 1.16 bits per heavy atom. The van der Waals surface area contributed by atoms with E-state index in [-0.39, 0.29) is 22.5 Å². The summed E-state index contributed by atoms with van der Waals surface area (Å²) in [5.41, 5.74) is 2.18. The number of nitrogens with one attached hydrogen (secondary N) is 2. The van der Waals surface area contributed by atoms with E-state index in [0.29, 0.717) is 59.7 Å². The van der Waals surface area contributed by atoms with Gasteiger partial charge in [-0.2, -0.15) is 0 Å². The fourth-order valence-corrected chi connectivity index (χ4v) is 5.27. The van der Waals surface area contributed by atoms with Crippen LogP contribution in [0.3, 0.4) is 0 Å². The van der Waals surface area contributed by atoms with Crippen LogP contribution in [0.15, 0.2) is 90.9 Å². The largest absolute Gasteiger partial charge is 0.339 e. The first-order valence-corrected chi connectivity index (χ1v) is 14.8. The molecule has 2 aromatic carbocycles. The van der Waals surface area contributed by atoms with E-state index in [2.05, 4.69) is 35.9 Å². The van der Waals surface area contributed by atoms with Crippen LogP contribution < -0.4 is 22.5 Å². The first kappa shape index (κ1) is 29.7. The number of hydrogen-bond donors (Lipinski definition) is 2. The molecule has 222 valence electrons. The molecule has 0 aliphatic heterocycles. The van der Waals surface area contributed by atoms with Gasteiger partial charge in [-0.15, -0.1) is 0 Å². The number of hydrogen-bond acceptors (Lipinski definition) is 6. The molecule has 0 spiro atoms. The zero-order valence-electron chi connectivity index (χ0n) is 23.8. The summed E-state index contributed by atoms with van der Waals surface area (Å²) in [7, 11) is 0. The molecule has 0 saturated heterocycles. The average Bonchev–Trinajstić information content (AvgIpc) is 3.67. The van der Waals surface area contributed by atoms with Gasteiger partial charge < -0.3 is 9.97 Å². The maximum atomic E-state index is 12.7. The number of rotatable bonds is 8. The second-order valence-corrected chi connectivity index (χ2v) is 10.7. The summed E-state index contributed by atoms with van der Waals surface area (Å²) in [5.74, 6) is 0. The van der Waals surface area contributed by atoms with Crippen molar-refractivity contribution in [3.63, 3.8) is 0 Å². The quantitative estimate of drug-likeness (QED) is 0.242. The minimum atomic E-state index is -0.331. The van der Waals surface area contributed by atoms with E-state index >= 15 is 0 Å². The Morgan fingerprint density at radius 1 is 0.674 bits per heavy atom. The summed E-state index contributed by atoms with van der Waals surface area (Å²) in [5, 5.41) is 0. The number of aromatic amines is 2. The van der Waals surface area contributed by atoms with Crippen LogP contribution in [0, 0.1) is 0 Å². The van der Waals surface area contributed by atoms with Crippen LogP contribution in [-0.4, -0.2) is 38.2 Å². The summed E-state index contributed by atoms with van der Waals surface area (Å²) in [6, 6.07) is 19.3. The lowest BCUT2D eigenvalue weighted by atomic mass is 10.2. The molecule has 2 N–H and O–H groups in total. The Balaban J connectivity index is 0.000000171. The van der Waals surface area contributed by atoms with Crippen molar-refractivity contribution >= 4 is 38.3 Å². The van der Waals surface area contributed by atoms with E-state index in [9.17, 15) is 19.2 Å². The van der Waals surface area contributed by atoms with Crippen LogP contribution in [0.4, 0.5) is 0 Å². The number of nitrogens with zero attached hydrogens (tertiary/aromatic N) is 6. The summed E-state index contributed by atoms with van der Waals surface area (Å²) < 4.78 is 6.04. The maximum Gasteiger partial charge on any atom is 0.333 e. The predicted molar refractivity (Wildman–Crippen MR) is 169 cm³/mol. The molecule has 4 aromatic heterocycles. The SMILES string of the molecule is CCCn1c(=O)c2[nH]c(Br)nc2n(Cc2ccccc2)c1=O.CCCn1c(=O)c2[nH]cnc2n(Cc2ccccc2)c1=O. The molecule has 0 unspecified atom stereocenters. The molecule has 4 heterocycles. The Labute approximate surface area is 253 Å². The van der Waals surface area contributed by atoms with Gasteiger partial charge in [0.1, 0.15) is 5.52 Å². The highest BCUT2D eigenvalue weighted by Crippen LogP contribution is 2.12. The van der Waals surface area contributed by atoms with Crippen molar-refractivity contribution in [3.05, 3.63) is 125 Å². The number of fused-ring (bicyclic) bond motifs is 2. The van der Waals surface area contributed by atoms with Crippen molar-refractivity contribution < 1.29 is 0 Å². The lowest BCUT2D eigenvalue weighted by Crippen LogP contribution is -2.40. The molecule has 0 amide bonds. The van der Waals surface area contributed by atoms with Crippen molar-refractivity contribution in [3.8, 4) is 0 Å². The van der Waals surface area contributed by atoms with E-state index in [4.69, 9.17) is 0 Å². The Hall–Kier alpha value is -4.78. The minimum absolute atomic E-state index is 0.307. The van der Waals surface area contributed by atoms with E-state index in [1.807, 2.05) is 74.5 Å². The second-order valence-electron chi connectivity index (χ2n) is 9.95. The van der Waals surface area contributed by atoms with Gasteiger partial charge in [-0.25, -0.2) is 19.6 Å². The standard InChI is InChI=1S/C15H15BrN4O2.C15H16N4O2/c1-2-8-19-13(21)11-12(18-14(16)17-11)20(15(19)22)9-10-6-4-3-5-7-10;1-2-8-18-14(20)12-13(17-10-16-12)19(15(18)21)9-11-6-4-3-5-7-11/h3-7H,2,8-9H2,1H3,(H,17,18);3-7,10H,2,8-9H2,1H3,(H,16,17). The molecule has 0 radical (unpaired) electrons. The van der Waals surface area contributed by atoms with Crippen molar-refractivity contribution in [1.29, 1.82) is 0 Å². The van der Waals surface area contributed by atoms with Crippen molar-refractivity contribution in [1.82, 2.24) is 38.2 Å². The van der Waals surface area contributed by atoms with Crippen LogP contribution in [0.5, 0.6) is 0 Å². The molecule has 0 bridgehead atoms. The smallest absolute Gasteiger partial charge is 0.333 e. The van der Waals surface area contributed by atoms with Gasteiger partial charge in [0.15, 0.2) is 21.5 Å². The normalized spacial score (nSPS) is 11.1. The Bertz CT molecular complexity index is 2100. The third kappa shape index (κ3) is 6.07. The van der Waals surface area contributed by atoms with E-state index in [0.717, 1.165) is 17.5 Å². The number of imidazole rings is 2. The Kier molecular flexibility index (Phi) is 9.00. The molecular formula is C30H31BrN8O4. The molecule has 0 aliphatic rings. The first-order valence-electron chi connectivity index (χ1n) is 14.0. The molecular weight excluding hydrogens is 616 g/mol. The number of H-pyrrole nitrogens is 2. The van der Waals surface area contributed by atoms with E-state index in [1.54, 1.807) is 0 Å². The van der Waals surface area contributed by atoms with Gasteiger partial charge in [0.05, 0.1) is 19.4 Å². The van der Waals surface area contributed by atoms with Crippen LogP contribution >= 0.6 is 15.9 Å². The third-order valence-corrected chi connectivity index (χ3v) is 7.27. The van der Waals surface area contributed by atoms with Gasteiger partial charge in [0, 0.05) is 13.1 Å². The van der Waals surface area contributed by atoms with Crippen LogP contribution in [-0.2, 0) is 26.2 Å². The van der Waals surface area contributed by atoms with Crippen LogP contribution in [0.25, 0.3) is 22.3 Å². The highest BCUT2D eigenvalue weighted by Gasteiger charge is 2.17. The van der Waals surface area contributed by atoms with Gasteiger partial charge in [0.2, 0.25) is 0 Å². The summed E-state index contributed by atoms with van der Waals surface area (Å²) in [6.07, 6.45) is 2.88. The average molecular weight is 648 g/mol. The summed E-state index contributed by atoms with van der Waals surface area (Å²) in [4.78, 5) is 64.0. The van der Waals surface area contributed by atoms with Gasteiger partial charge in [-0.05, 0) is 39.9 Å². The number of benzene rings is 2. The molecule has 0 fully saturated rings. The maximum absolute atomic E-state index is 12.7. The molecule has 0 atom stereocenters. The lowest BCUT2D eigenvalue weighted by Gasteiger charge is -2.10. The summed E-state index contributed by atoms with van der Waals surface area (Å²) in [6.45, 7) is 5.42. The molecule has 0 aliphatic carbocycles. The highest BCUT2D eigenvalue weighted by molar-refractivity contribution is 9.10. The molecule has 0 saturated carbocycles. The topological polar surface area (TPSA) is 145 Å². The van der Waals surface area contributed by atoms with Crippen molar-refractivity contribution in [2.24, 2.45) is 0 Å². The fraction of sp³-hybridized carbons (Fsp3) is 0.267. The monoisotopic (exact) mass is 646 g/mol. The molecule has 13 heteroatoms. The highest BCUT2D eigenvalue weighted by atomic mass is 79.9. The number of halogens is 1. The summed E-state index contributed by atoms with van der Waals surface area (Å²) >= 11 is 3.24. The van der Waals surface area contributed by atoms with Gasteiger partial charge in [0.25, 0.3) is 11.1 Å². The lowest BCUT2D eigenvalue weighted by molar-refractivity contribution is 0.579. The van der Waals surface area contributed by atoms with Gasteiger partial charge in [-0.1, -0.05) is 74.5 Å². The van der Waals surface area contributed by atoms with E-state index < -0.39 is 0 Å². The van der Waals surface area contributed by atoms with Crippen molar-refractivity contribution in [2.45, 2.75) is 52.9 Å². The molecule has 12 nitrogen and oxygen atoms in total. The zero-order valence-corrected chi connectivity index (χ0v) is 25.4. The predicted octanol–water partition coefficient (Wildman–Crippen LogP) is 3.45. The zero-order chi connectivity index (χ0) is 30.5. The first-order chi connectivity index (χ1) is 20.8. The molecule has 6 aromatic rings. The number of aromatic nitrogens is 8. The minimum Gasteiger partial charge on any atom is -0.339 e. The van der Waals surface area contributed by atoms with Gasteiger partial charge in [-0.3, -0.25) is 27.9 Å². The van der Waals surface area contributed by atoms with Crippen LogP contribution in [0.2, 0.25) is 0 Å². The van der Waals surface area contributed by atoms with E-state index in [1.165, 1.54) is 24.6 Å². The third-order valence-electron chi connectivity index (χ3n) is 6.89. The van der Waals surface area contributed by atoms with Crippen LogP contribution in [0.1, 0.15) is 37.8 Å². The molecule has 43 heavy (non-hydrogen) atoms. The van der Waals surface area contributed by atoms with Crippen molar-refractivity contribution in [2.75, 3.05) is 0 Å². The molecule has 6 rings (SSSR count). The fourth-order valence-electron chi connectivity index (χ4n) is 4.90. The van der Waals surface area contributed by atoms with Gasteiger partial charge >= 0.3 is 11.4 Å². The Morgan fingerprint density at radius 3 is 1.67 bits per heavy atom.